The van der Waals surface area contributed by atoms with Crippen molar-refractivity contribution in [1.82, 2.24) is 4.90 Å². The third-order valence-electron chi connectivity index (χ3n) is 2.55. The zero-order valence-electron chi connectivity index (χ0n) is 8.71. The van der Waals surface area contributed by atoms with Crippen molar-refractivity contribution in [1.29, 1.82) is 0 Å². The van der Waals surface area contributed by atoms with Gasteiger partial charge in [-0.15, -0.1) is 0 Å². The summed E-state index contributed by atoms with van der Waals surface area (Å²) in [7, 11) is 1.38. The summed E-state index contributed by atoms with van der Waals surface area (Å²) in [4.78, 5) is 23.6. The van der Waals surface area contributed by atoms with Crippen molar-refractivity contribution in [2.45, 2.75) is 31.6 Å². The molecule has 0 saturated carbocycles. The van der Waals surface area contributed by atoms with Gasteiger partial charge in [0, 0.05) is 20.1 Å². The normalized spacial score (nSPS) is 27.8. The second kappa shape index (κ2) is 4.59. The summed E-state index contributed by atoms with van der Waals surface area (Å²) in [5.41, 5.74) is 0. The number of carboxylic acid groups (broad SMARTS) is 1. The van der Waals surface area contributed by atoms with Crippen LogP contribution in [0.25, 0.3) is 0 Å². The van der Waals surface area contributed by atoms with Crippen molar-refractivity contribution in [2.75, 3.05) is 13.7 Å². The molecule has 0 radical (unpaired) electrons. The fourth-order valence-electron chi connectivity index (χ4n) is 1.63. The number of carboxylic acids is 1. The highest BCUT2D eigenvalue weighted by Crippen LogP contribution is 2.19. The van der Waals surface area contributed by atoms with E-state index >= 15 is 0 Å². The zero-order chi connectivity index (χ0) is 11.6. The van der Waals surface area contributed by atoms with E-state index in [9.17, 15) is 14.7 Å². The van der Waals surface area contributed by atoms with E-state index in [-0.39, 0.29) is 13.0 Å². The first kappa shape index (κ1) is 11.9. The van der Waals surface area contributed by atoms with E-state index in [4.69, 9.17) is 9.84 Å². The van der Waals surface area contributed by atoms with Crippen molar-refractivity contribution in [3.05, 3.63) is 0 Å². The Bertz CT molecular complexity index is 267. The third-order valence-corrected chi connectivity index (χ3v) is 2.55. The van der Waals surface area contributed by atoms with Gasteiger partial charge in [0.2, 0.25) is 0 Å². The van der Waals surface area contributed by atoms with E-state index < -0.39 is 30.1 Å². The van der Waals surface area contributed by atoms with Crippen LogP contribution in [0.5, 0.6) is 0 Å². The van der Waals surface area contributed by atoms with Gasteiger partial charge < -0.3 is 19.8 Å². The van der Waals surface area contributed by atoms with Crippen LogP contribution < -0.4 is 0 Å². The highest BCUT2D eigenvalue weighted by molar-refractivity contribution is 5.86. The quantitative estimate of drug-likeness (QED) is 0.637. The molecule has 0 aromatic heterocycles. The maximum atomic E-state index is 11.7. The summed E-state index contributed by atoms with van der Waals surface area (Å²) in [6.07, 6.45) is -1.37. The van der Waals surface area contributed by atoms with Gasteiger partial charge in [0.05, 0.1) is 6.10 Å². The lowest BCUT2D eigenvalue weighted by Crippen LogP contribution is -2.45. The molecule has 1 saturated heterocycles. The molecule has 1 aliphatic rings. The Labute approximate surface area is 87.4 Å². The van der Waals surface area contributed by atoms with Crippen molar-refractivity contribution in [3.63, 3.8) is 0 Å². The number of aliphatic hydroxyl groups excluding tert-OH is 1. The molecular formula is C9H15NO5. The minimum atomic E-state index is -1.09. The lowest BCUT2D eigenvalue weighted by atomic mass is 10.2. The Morgan fingerprint density at radius 2 is 2.13 bits per heavy atom. The highest BCUT2D eigenvalue weighted by atomic mass is 16.5. The number of aliphatic carboxylic acids is 1. The van der Waals surface area contributed by atoms with Gasteiger partial charge in [0.15, 0.2) is 0 Å². The molecule has 1 amide bonds. The number of hydrogen-bond acceptors (Lipinski definition) is 4. The molecule has 86 valence electrons. The monoisotopic (exact) mass is 217 g/mol. The summed E-state index contributed by atoms with van der Waals surface area (Å²) in [5, 5.41) is 18.2. The molecule has 1 aliphatic heterocycles. The Kier molecular flexibility index (Phi) is 3.65. The number of methoxy groups -OCH3 is 1. The molecule has 1 rings (SSSR count). The van der Waals surface area contributed by atoms with Gasteiger partial charge in [0.25, 0.3) is 5.91 Å². The molecule has 3 atom stereocenters. The van der Waals surface area contributed by atoms with Crippen LogP contribution in [0.1, 0.15) is 13.3 Å². The number of nitrogens with zero attached hydrogens (tertiary/aromatic N) is 1. The Hall–Kier alpha value is -1.14. The van der Waals surface area contributed by atoms with Crippen LogP contribution >= 0.6 is 0 Å². The maximum Gasteiger partial charge on any atom is 0.326 e. The Balaban J connectivity index is 2.75. The largest absolute Gasteiger partial charge is 0.480 e. The topological polar surface area (TPSA) is 87.1 Å². The number of ether oxygens (including phenoxy) is 1. The van der Waals surface area contributed by atoms with Gasteiger partial charge in [-0.25, -0.2) is 4.79 Å². The molecule has 15 heavy (non-hydrogen) atoms. The summed E-state index contributed by atoms with van der Waals surface area (Å²) in [5.74, 6) is -1.50. The van der Waals surface area contributed by atoms with Crippen LogP contribution in [0.2, 0.25) is 0 Å². The average Bonchev–Trinajstić information content (AvgIpc) is 2.58. The summed E-state index contributed by atoms with van der Waals surface area (Å²) < 4.78 is 4.82. The molecule has 0 aliphatic carbocycles. The van der Waals surface area contributed by atoms with Gasteiger partial charge in [-0.05, 0) is 6.92 Å². The molecule has 6 heteroatoms. The van der Waals surface area contributed by atoms with Gasteiger partial charge in [0.1, 0.15) is 12.1 Å². The highest BCUT2D eigenvalue weighted by Gasteiger charge is 2.40. The first-order valence-corrected chi connectivity index (χ1v) is 4.71. The predicted octanol–water partition coefficient (Wildman–Crippen LogP) is -0.932. The first-order chi connectivity index (χ1) is 6.97. The van der Waals surface area contributed by atoms with Gasteiger partial charge in [-0.3, -0.25) is 4.79 Å². The van der Waals surface area contributed by atoms with Crippen molar-refractivity contribution in [3.8, 4) is 0 Å². The van der Waals surface area contributed by atoms with Crippen LogP contribution in [0.4, 0.5) is 0 Å². The van der Waals surface area contributed by atoms with Gasteiger partial charge in [-0.1, -0.05) is 0 Å². The van der Waals surface area contributed by atoms with Crippen LogP contribution in [0.15, 0.2) is 0 Å². The minimum absolute atomic E-state index is 0.0590. The lowest BCUT2D eigenvalue weighted by Gasteiger charge is -2.23. The Morgan fingerprint density at radius 1 is 1.53 bits per heavy atom. The maximum absolute atomic E-state index is 11.7. The van der Waals surface area contributed by atoms with Gasteiger partial charge in [-0.2, -0.15) is 0 Å². The van der Waals surface area contributed by atoms with Crippen LogP contribution in [-0.2, 0) is 14.3 Å². The fraction of sp³-hybridized carbons (Fsp3) is 0.778. The molecule has 1 unspecified atom stereocenters. The minimum Gasteiger partial charge on any atom is -0.480 e. The zero-order valence-corrected chi connectivity index (χ0v) is 8.71. The van der Waals surface area contributed by atoms with Crippen molar-refractivity contribution < 1.29 is 24.5 Å². The number of likely N-dealkylation sites (tertiary alicyclic amines) is 1. The van der Waals surface area contributed by atoms with Crippen LogP contribution in [0, 0.1) is 0 Å². The SMILES string of the molecule is COC(C)C(=O)N1C[C@H](O)C[C@H]1C(=O)O. The summed E-state index contributed by atoms with van der Waals surface area (Å²) in [6, 6.07) is -0.940. The molecule has 1 fully saturated rings. The van der Waals surface area contributed by atoms with E-state index in [0.717, 1.165) is 4.90 Å². The van der Waals surface area contributed by atoms with Crippen molar-refractivity contribution >= 4 is 11.9 Å². The standard InChI is InChI=1S/C9H15NO5/c1-5(15-2)8(12)10-4-6(11)3-7(10)9(13)14/h5-7,11H,3-4H2,1-2H3,(H,13,14)/t5?,6-,7+/m1/s1. The summed E-state index contributed by atoms with van der Waals surface area (Å²) in [6.45, 7) is 1.61. The number of aliphatic hydroxyl groups is 1. The molecule has 6 nitrogen and oxygen atoms in total. The summed E-state index contributed by atoms with van der Waals surface area (Å²) >= 11 is 0. The number of β-amino-alcohol motifs (C(OH)–C–C–N with tert-alkyl or cyclic N) is 1. The fourth-order valence-corrected chi connectivity index (χ4v) is 1.63. The second-order valence-corrected chi connectivity index (χ2v) is 3.61. The number of amides is 1. The molecule has 0 spiro atoms. The van der Waals surface area contributed by atoms with E-state index in [1.807, 2.05) is 0 Å². The molecule has 0 aromatic carbocycles. The average molecular weight is 217 g/mol. The lowest BCUT2D eigenvalue weighted by molar-refractivity contribution is -0.152. The van der Waals surface area contributed by atoms with Crippen molar-refractivity contribution in [2.24, 2.45) is 0 Å². The molecule has 1 heterocycles. The molecule has 2 N–H and O–H groups in total. The van der Waals surface area contributed by atoms with Crippen LogP contribution in [0.3, 0.4) is 0 Å². The van der Waals surface area contributed by atoms with E-state index in [0.29, 0.717) is 0 Å². The molecular weight excluding hydrogens is 202 g/mol. The van der Waals surface area contributed by atoms with E-state index in [2.05, 4.69) is 0 Å². The smallest absolute Gasteiger partial charge is 0.326 e. The number of rotatable bonds is 3. The molecule has 0 bridgehead atoms. The second-order valence-electron chi connectivity index (χ2n) is 3.61. The number of carbonyl (C=O) groups is 2. The first-order valence-electron chi connectivity index (χ1n) is 4.71. The third kappa shape index (κ3) is 2.45. The Morgan fingerprint density at radius 3 is 2.60 bits per heavy atom. The van der Waals surface area contributed by atoms with E-state index in [1.165, 1.54) is 7.11 Å². The number of hydrogen-bond donors (Lipinski definition) is 2. The van der Waals surface area contributed by atoms with Crippen LogP contribution in [-0.4, -0.2) is 58.9 Å². The number of carbonyl (C=O) groups excluding carboxylic acids is 1. The van der Waals surface area contributed by atoms with Gasteiger partial charge >= 0.3 is 5.97 Å². The van der Waals surface area contributed by atoms with E-state index in [1.54, 1.807) is 6.92 Å². The molecule has 0 aromatic rings. The predicted molar refractivity (Wildman–Crippen MR) is 50.2 cm³/mol.